The number of hydrogen-bond donors (Lipinski definition) is 3. The average molecular weight is 622 g/mol. The van der Waals surface area contributed by atoms with E-state index in [1.165, 1.54) is 5.69 Å². The average Bonchev–Trinajstić information content (AvgIpc) is 3.85. The van der Waals surface area contributed by atoms with Gasteiger partial charge in [-0.2, -0.15) is 4.98 Å². The highest BCUT2D eigenvalue weighted by Crippen LogP contribution is 2.37. The van der Waals surface area contributed by atoms with Crippen molar-refractivity contribution in [2.75, 3.05) is 60.2 Å². The van der Waals surface area contributed by atoms with Crippen LogP contribution in [0, 0.1) is 13.8 Å². The van der Waals surface area contributed by atoms with Crippen molar-refractivity contribution in [3.8, 4) is 5.75 Å². The Labute approximate surface area is 260 Å². The van der Waals surface area contributed by atoms with E-state index in [2.05, 4.69) is 56.1 Å². The zero-order valence-electron chi connectivity index (χ0n) is 26.0. The van der Waals surface area contributed by atoms with Gasteiger partial charge in [-0.1, -0.05) is 12.1 Å². The predicted octanol–water partition coefficient (Wildman–Crippen LogP) is 5.18. The van der Waals surface area contributed by atoms with Crippen molar-refractivity contribution in [1.29, 1.82) is 0 Å². The number of anilines is 6. The van der Waals surface area contributed by atoms with E-state index in [0.29, 0.717) is 53.9 Å². The fourth-order valence-corrected chi connectivity index (χ4v) is 7.45. The first-order chi connectivity index (χ1) is 21.2. The molecule has 0 atom stereocenters. The lowest BCUT2D eigenvalue weighted by Crippen LogP contribution is -2.58. The highest BCUT2D eigenvalue weighted by molar-refractivity contribution is 7.93. The molecule has 2 saturated heterocycles. The summed E-state index contributed by atoms with van der Waals surface area (Å²) < 4.78 is 39.5. The second kappa shape index (κ2) is 12.8. The van der Waals surface area contributed by atoms with Crippen LogP contribution in [-0.2, 0) is 14.8 Å². The lowest BCUT2D eigenvalue weighted by molar-refractivity contribution is -0.0712. The summed E-state index contributed by atoms with van der Waals surface area (Å²) in [4.78, 5) is 14.3. The first kappa shape index (κ1) is 30.4. The standard InChI is InChI=1S/C32H43N7O4S/c1-5-43-24-19-39(20-24)23-12-14-38(15-13-23)29-17-30(42-4)28(16-21(29)2)35-32-33-18-22(3)31(36-32)34-26-8-6-7-9-27(26)37-44(40,41)25-10-11-25/h6-9,16-18,23-25,37H,5,10-15,19-20H2,1-4H3,(H2,33,34,35,36). The molecule has 3 fully saturated rings. The van der Waals surface area contributed by atoms with Gasteiger partial charge in [-0.25, -0.2) is 13.4 Å². The van der Waals surface area contributed by atoms with E-state index in [1.54, 1.807) is 25.4 Å². The van der Waals surface area contributed by atoms with Crippen LogP contribution < -0.4 is 25.0 Å². The molecule has 3 N–H and O–H groups in total. The lowest BCUT2D eigenvalue weighted by Gasteiger charge is -2.47. The van der Waals surface area contributed by atoms with Crippen LogP contribution in [0.1, 0.15) is 43.7 Å². The zero-order chi connectivity index (χ0) is 30.8. The minimum Gasteiger partial charge on any atom is -0.494 e. The zero-order valence-corrected chi connectivity index (χ0v) is 26.8. The number of rotatable bonds is 12. The highest BCUT2D eigenvalue weighted by Gasteiger charge is 2.36. The molecule has 3 heterocycles. The van der Waals surface area contributed by atoms with Crippen LogP contribution >= 0.6 is 0 Å². The van der Waals surface area contributed by atoms with E-state index in [-0.39, 0.29) is 5.25 Å². The first-order valence-corrected chi connectivity index (χ1v) is 17.1. The Bertz CT molecular complexity index is 1580. The van der Waals surface area contributed by atoms with E-state index >= 15 is 0 Å². The summed E-state index contributed by atoms with van der Waals surface area (Å²) in [5.41, 5.74) is 5.04. The van der Waals surface area contributed by atoms with Crippen LogP contribution in [0.2, 0.25) is 0 Å². The SMILES string of the molecule is CCOC1CN(C2CCN(c3cc(OC)c(Nc4ncc(C)c(Nc5ccccc5NS(=O)(=O)C5CC5)n4)cc3C)CC2)C1. The van der Waals surface area contributed by atoms with Crippen molar-refractivity contribution in [3.63, 3.8) is 0 Å². The molecule has 2 aliphatic heterocycles. The minimum atomic E-state index is -3.41. The quantitative estimate of drug-likeness (QED) is 0.249. The second-order valence-electron chi connectivity index (χ2n) is 12.0. The Morgan fingerprint density at radius 3 is 2.36 bits per heavy atom. The molecule has 12 heteroatoms. The van der Waals surface area contributed by atoms with Crippen LogP contribution in [0.15, 0.2) is 42.6 Å². The number of ether oxygens (including phenoxy) is 2. The fraction of sp³-hybridized carbons (Fsp3) is 0.500. The van der Waals surface area contributed by atoms with Gasteiger partial charge in [-0.15, -0.1) is 0 Å². The maximum absolute atomic E-state index is 12.6. The number of sulfonamides is 1. The number of likely N-dealkylation sites (tertiary alicyclic amines) is 1. The smallest absolute Gasteiger partial charge is 0.235 e. The highest BCUT2D eigenvalue weighted by atomic mass is 32.2. The van der Waals surface area contributed by atoms with E-state index < -0.39 is 10.0 Å². The normalized spacial score (nSPS) is 18.1. The van der Waals surface area contributed by atoms with Gasteiger partial charge in [0.2, 0.25) is 16.0 Å². The number of nitrogens with zero attached hydrogens (tertiary/aromatic N) is 4. The number of hydrogen-bond acceptors (Lipinski definition) is 10. The Kier molecular flexibility index (Phi) is 8.84. The van der Waals surface area contributed by atoms with Crippen LogP contribution in [0.5, 0.6) is 5.75 Å². The molecular weight excluding hydrogens is 578 g/mol. The molecule has 1 aromatic heterocycles. The molecule has 44 heavy (non-hydrogen) atoms. The van der Waals surface area contributed by atoms with E-state index in [4.69, 9.17) is 14.5 Å². The molecule has 236 valence electrons. The molecule has 3 aliphatic rings. The second-order valence-corrected chi connectivity index (χ2v) is 13.9. The van der Waals surface area contributed by atoms with Gasteiger partial charge in [0.15, 0.2) is 0 Å². The predicted molar refractivity (Wildman–Crippen MR) is 175 cm³/mol. The van der Waals surface area contributed by atoms with Crippen LogP contribution in [0.3, 0.4) is 0 Å². The van der Waals surface area contributed by atoms with Crippen LogP contribution in [0.25, 0.3) is 0 Å². The number of methoxy groups -OCH3 is 1. The molecule has 0 amide bonds. The largest absolute Gasteiger partial charge is 0.494 e. The van der Waals surface area contributed by atoms with Crippen molar-refractivity contribution in [1.82, 2.24) is 14.9 Å². The van der Waals surface area contributed by atoms with Crippen LogP contribution in [-0.4, -0.2) is 80.6 Å². The molecule has 11 nitrogen and oxygen atoms in total. The van der Waals surface area contributed by atoms with Gasteiger partial charge in [0.25, 0.3) is 0 Å². The van der Waals surface area contributed by atoms with Crippen LogP contribution in [0.4, 0.5) is 34.5 Å². The van der Waals surface area contributed by atoms with Gasteiger partial charge in [-0.05, 0) is 70.2 Å². The van der Waals surface area contributed by atoms with Gasteiger partial charge in [0, 0.05) is 62.3 Å². The topological polar surface area (TPSA) is 121 Å². The maximum atomic E-state index is 12.6. The Balaban J connectivity index is 1.14. The lowest BCUT2D eigenvalue weighted by atomic mass is 9.97. The Morgan fingerprint density at radius 1 is 0.955 bits per heavy atom. The molecule has 6 rings (SSSR count). The number of para-hydroxylation sites is 2. The van der Waals surface area contributed by atoms with E-state index in [9.17, 15) is 8.42 Å². The van der Waals surface area contributed by atoms with Crippen molar-refractivity contribution in [2.24, 2.45) is 0 Å². The molecular formula is C32H43N7O4S. The van der Waals surface area contributed by atoms with Gasteiger partial charge in [0.05, 0.1) is 35.5 Å². The molecule has 0 bridgehead atoms. The van der Waals surface area contributed by atoms with Gasteiger partial charge < -0.3 is 25.0 Å². The Morgan fingerprint density at radius 2 is 1.68 bits per heavy atom. The number of benzene rings is 2. The minimum absolute atomic E-state index is 0.317. The molecule has 0 radical (unpaired) electrons. The van der Waals surface area contributed by atoms with Gasteiger partial charge in [0.1, 0.15) is 11.6 Å². The summed E-state index contributed by atoms with van der Waals surface area (Å²) in [6.45, 7) is 11.0. The van der Waals surface area contributed by atoms with Crippen molar-refractivity contribution < 1.29 is 17.9 Å². The summed E-state index contributed by atoms with van der Waals surface area (Å²) in [5.74, 6) is 1.69. The van der Waals surface area contributed by atoms with E-state index in [0.717, 1.165) is 62.4 Å². The summed E-state index contributed by atoms with van der Waals surface area (Å²) >= 11 is 0. The molecule has 0 spiro atoms. The van der Waals surface area contributed by atoms with Gasteiger partial charge in [-0.3, -0.25) is 9.62 Å². The summed E-state index contributed by atoms with van der Waals surface area (Å²) in [5, 5.41) is 6.33. The van der Waals surface area contributed by atoms with Crippen molar-refractivity contribution in [2.45, 2.75) is 63.9 Å². The maximum Gasteiger partial charge on any atom is 0.235 e. The molecule has 2 aromatic carbocycles. The number of aromatic nitrogens is 2. The Hall–Kier alpha value is -3.61. The molecule has 1 aliphatic carbocycles. The number of nitrogens with one attached hydrogen (secondary N) is 3. The van der Waals surface area contributed by atoms with Gasteiger partial charge >= 0.3 is 0 Å². The molecule has 1 saturated carbocycles. The summed E-state index contributed by atoms with van der Waals surface area (Å²) in [6.07, 6.45) is 5.81. The number of aryl methyl sites for hydroxylation is 2. The van der Waals surface area contributed by atoms with Crippen molar-refractivity contribution >= 4 is 44.5 Å². The molecule has 3 aromatic rings. The first-order valence-electron chi connectivity index (χ1n) is 15.5. The van der Waals surface area contributed by atoms with Crippen molar-refractivity contribution in [3.05, 3.63) is 53.7 Å². The fourth-order valence-electron chi connectivity index (χ4n) is 6.04. The van der Waals surface area contributed by atoms with E-state index in [1.807, 2.05) is 19.1 Å². The third-order valence-electron chi connectivity index (χ3n) is 8.73. The third kappa shape index (κ3) is 6.72. The monoisotopic (exact) mass is 621 g/mol. The number of piperidine rings is 1. The summed E-state index contributed by atoms with van der Waals surface area (Å²) in [7, 11) is -1.73. The summed E-state index contributed by atoms with van der Waals surface area (Å²) in [6, 6.07) is 12.0. The third-order valence-corrected chi connectivity index (χ3v) is 10.6. The molecule has 0 unspecified atom stereocenters.